The third-order valence-corrected chi connectivity index (χ3v) is 5.47. The van der Waals surface area contributed by atoms with Crippen LogP contribution < -0.4 is 15.5 Å². The summed E-state index contributed by atoms with van der Waals surface area (Å²) in [5.74, 6) is 0.227. The first-order valence-corrected chi connectivity index (χ1v) is 9.45. The van der Waals surface area contributed by atoms with Gasteiger partial charge in [0.15, 0.2) is 0 Å². The van der Waals surface area contributed by atoms with Crippen molar-refractivity contribution in [2.45, 2.75) is 26.7 Å². The fourth-order valence-corrected chi connectivity index (χ4v) is 3.81. The molecular weight excluding hydrogens is 341 g/mol. The van der Waals surface area contributed by atoms with Crippen molar-refractivity contribution in [2.75, 3.05) is 28.6 Å². The van der Waals surface area contributed by atoms with Gasteiger partial charge in [0.2, 0.25) is 0 Å². The van der Waals surface area contributed by atoms with Crippen molar-refractivity contribution in [3.63, 3.8) is 0 Å². The maximum absolute atomic E-state index is 13.5. The van der Waals surface area contributed by atoms with E-state index in [1.165, 1.54) is 36.2 Å². The van der Waals surface area contributed by atoms with Crippen LogP contribution in [0.25, 0.3) is 5.57 Å². The second-order valence-electron chi connectivity index (χ2n) is 7.52. The monoisotopic (exact) mass is 365 g/mol. The first kappa shape index (κ1) is 17.6. The van der Waals surface area contributed by atoms with Gasteiger partial charge in [-0.05, 0) is 67.6 Å². The summed E-state index contributed by atoms with van der Waals surface area (Å²) in [4.78, 5) is 14.6. The van der Waals surface area contributed by atoms with Gasteiger partial charge in [-0.1, -0.05) is 6.92 Å². The second-order valence-corrected chi connectivity index (χ2v) is 7.52. The SMILES string of the molecule is Cc1cc(N/C=C2/C(=O)Nc3ccc(F)cc32)ccc1N1CCC(C)CC1. The zero-order valence-electron chi connectivity index (χ0n) is 15.7. The van der Waals surface area contributed by atoms with E-state index in [0.717, 1.165) is 24.7 Å². The van der Waals surface area contributed by atoms with Gasteiger partial charge in [-0.2, -0.15) is 0 Å². The van der Waals surface area contributed by atoms with E-state index in [4.69, 9.17) is 0 Å². The van der Waals surface area contributed by atoms with Crippen LogP contribution in [0.4, 0.5) is 21.5 Å². The Labute approximate surface area is 159 Å². The molecule has 2 aromatic rings. The predicted molar refractivity (Wildman–Crippen MR) is 108 cm³/mol. The minimum atomic E-state index is -0.354. The van der Waals surface area contributed by atoms with Crippen molar-refractivity contribution in [1.82, 2.24) is 0 Å². The molecule has 4 rings (SSSR count). The number of rotatable bonds is 3. The lowest BCUT2D eigenvalue weighted by molar-refractivity contribution is -0.110. The fraction of sp³-hybridized carbons (Fsp3) is 0.318. The number of fused-ring (bicyclic) bond motifs is 1. The number of hydrogen-bond donors (Lipinski definition) is 2. The van der Waals surface area contributed by atoms with Crippen molar-refractivity contribution < 1.29 is 9.18 Å². The molecule has 0 saturated carbocycles. The van der Waals surface area contributed by atoms with Gasteiger partial charge >= 0.3 is 0 Å². The number of halogens is 1. The van der Waals surface area contributed by atoms with Crippen LogP contribution in [-0.2, 0) is 4.79 Å². The molecule has 2 aliphatic rings. The molecule has 0 unspecified atom stereocenters. The van der Waals surface area contributed by atoms with Crippen LogP contribution in [0.1, 0.15) is 30.9 Å². The molecule has 0 aliphatic carbocycles. The summed E-state index contributed by atoms with van der Waals surface area (Å²) in [5, 5.41) is 5.95. The molecule has 2 aromatic carbocycles. The highest BCUT2D eigenvalue weighted by atomic mass is 19.1. The van der Waals surface area contributed by atoms with E-state index >= 15 is 0 Å². The number of amides is 1. The molecule has 4 nitrogen and oxygen atoms in total. The molecule has 1 amide bonds. The van der Waals surface area contributed by atoms with Gasteiger partial charge in [-0.15, -0.1) is 0 Å². The first-order chi connectivity index (χ1) is 13.0. The molecule has 2 aliphatic heterocycles. The zero-order chi connectivity index (χ0) is 19.0. The summed E-state index contributed by atoms with van der Waals surface area (Å²) in [7, 11) is 0. The average molecular weight is 365 g/mol. The number of nitrogens with zero attached hydrogens (tertiary/aromatic N) is 1. The lowest BCUT2D eigenvalue weighted by Gasteiger charge is -2.33. The number of piperidine rings is 1. The minimum Gasteiger partial charge on any atom is -0.371 e. The van der Waals surface area contributed by atoms with Crippen LogP contribution in [0.3, 0.4) is 0 Å². The van der Waals surface area contributed by atoms with Crippen molar-refractivity contribution in [1.29, 1.82) is 0 Å². The van der Waals surface area contributed by atoms with E-state index in [9.17, 15) is 9.18 Å². The highest BCUT2D eigenvalue weighted by Gasteiger charge is 2.24. The van der Waals surface area contributed by atoms with Crippen LogP contribution in [0.15, 0.2) is 42.6 Å². The van der Waals surface area contributed by atoms with Gasteiger partial charge in [0, 0.05) is 41.9 Å². The summed E-state index contributed by atoms with van der Waals surface area (Å²) in [6.45, 7) is 6.62. The first-order valence-electron chi connectivity index (χ1n) is 9.45. The number of hydrogen-bond acceptors (Lipinski definition) is 3. The standard InChI is InChI=1S/C22H24FN3O/c1-14-7-9-26(10-8-14)21-6-4-17(11-15(21)2)24-13-19-18-12-16(23)3-5-20(18)25-22(19)27/h3-6,11-14,24H,7-10H2,1-2H3,(H,25,27)/b19-13+. The van der Waals surface area contributed by atoms with Crippen molar-refractivity contribution >= 4 is 28.5 Å². The summed E-state index contributed by atoms with van der Waals surface area (Å²) < 4.78 is 13.5. The summed E-state index contributed by atoms with van der Waals surface area (Å²) in [6.07, 6.45) is 4.12. The Bertz CT molecular complexity index is 914. The normalized spacial score (nSPS) is 18.6. The fourth-order valence-electron chi connectivity index (χ4n) is 3.81. The molecule has 0 aromatic heterocycles. The Balaban J connectivity index is 1.52. The molecule has 0 atom stereocenters. The van der Waals surface area contributed by atoms with Gasteiger partial charge in [0.25, 0.3) is 5.91 Å². The zero-order valence-corrected chi connectivity index (χ0v) is 15.7. The Hall–Kier alpha value is -2.82. The summed E-state index contributed by atoms with van der Waals surface area (Å²) >= 11 is 0. The van der Waals surface area contributed by atoms with Crippen molar-refractivity contribution in [3.8, 4) is 0 Å². The molecule has 1 saturated heterocycles. The minimum absolute atomic E-state index is 0.223. The molecule has 27 heavy (non-hydrogen) atoms. The van der Waals surface area contributed by atoms with Gasteiger partial charge < -0.3 is 15.5 Å². The molecule has 0 radical (unpaired) electrons. The third kappa shape index (κ3) is 3.54. The molecule has 1 fully saturated rings. The van der Waals surface area contributed by atoms with E-state index in [2.05, 4.69) is 41.5 Å². The molecule has 5 heteroatoms. The highest BCUT2D eigenvalue weighted by Crippen LogP contribution is 2.33. The van der Waals surface area contributed by atoms with E-state index < -0.39 is 0 Å². The summed E-state index contributed by atoms with van der Waals surface area (Å²) in [5.41, 5.74) is 5.05. The second kappa shape index (κ2) is 7.06. The summed E-state index contributed by atoms with van der Waals surface area (Å²) in [6, 6.07) is 10.6. The molecular formula is C22H24FN3O. The van der Waals surface area contributed by atoms with Crippen LogP contribution in [-0.4, -0.2) is 19.0 Å². The van der Waals surface area contributed by atoms with Gasteiger partial charge in [0.1, 0.15) is 5.82 Å². The third-order valence-electron chi connectivity index (χ3n) is 5.47. The van der Waals surface area contributed by atoms with E-state index in [1.807, 2.05) is 6.07 Å². The largest absolute Gasteiger partial charge is 0.371 e. The smallest absolute Gasteiger partial charge is 0.257 e. The number of anilines is 3. The average Bonchev–Trinajstić information content (AvgIpc) is 2.95. The number of carbonyl (C=O) groups is 1. The molecule has 2 heterocycles. The predicted octanol–water partition coefficient (Wildman–Crippen LogP) is 4.78. The molecule has 0 spiro atoms. The highest BCUT2D eigenvalue weighted by molar-refractivity contribution is 6.31. The molecule has 140 valence electrons. The van der Waals surface area contributed by atoms with E-state index in [1.54, 1.807) is 12.3 Å². The molecule has 0 bridgehead atoms. The Morgan fingerprint density at radius 1 is 1.19 bits per heavy atom. The van der Waals surface area contributed by atoms with Crippen LogP contribution in [0, 0.1) is 18.7 Å². The number of carbonyl (C=O) groups excluding carboxylic acids is 1. The number of benzene rings is 2. The van der Waals surface area contributed by atoms with Crippen molar-refractivity contribution in [2.24, 2.45) is 5.92 Å². The van der Waals surface area contributed by atoms with Crippen molar-refractivity contribution in [3.05, 3.63) is 59.5 Å². The van der Waals surface area contributed by atoms with Crippen LogP contribution in [0.5, 0.6) is 0 Å². The lowest BCUT2D eigenvalue weighted by atomic mass is 9.98. The number of aryl methyl sites for hydroxylation is 1. The van der Waals surface area contributed by atoms with Gasteiger partial charge in [-0.25, -0.2) is 4.39 Å². The Morgan fingerprint density at radius 2 is 1.96 bits per heavy atom. The van der Waals surface area contributed by atoms with Gasteiger partial charge in [-0.3, -0.25) is 4.79 Å². The Kier molecular flexibility index (Phi) is 4.60. The van der Waals surface area contributed by atoms with E-state index in [0.29, 0.717) is 16.8 Å². The van der Waals surface area contributed by atoms with Crippen LogP contribution >= 0.6 is 0 Å². The van der Waals surface area contributed by atoms with E-state index in [-0.39, 0.29) is 11.7 Å². The Morgan fingerprint density at radius 3 is 2.70 bits per heavy atom. The quantitative estimate of drug-likeness (QED) is 0.770. The maximum Gasteiger partial charge on any atom is 0.257 e. The van der Waals surface area contributed by atoms with Crippen LogP contribution in [0.2, 0.25) is 0 Å². The lowest BCUT2D eigenvalue weighted by Crippen LogP contribution is -2.33. The maximum atomic E-state index is 13.5. The van der Waals surface area contributed by atoms with Gasteiger partial charge in [0.05, 0.1) is 5.57 Å². The topological polar surface area (TPSA) is 44.4 Å². The number of nitrogens with one attached hydrogen (secondary N) is 2. The molecule has 2 N–H and O–H groups in total.